The first-order valence-corrected chi connectivity index (χ1v) is 5.57. The van der Waals surface area contributed by atoms with Crippen LogP contribution in [0.15, 0.2) is 12.7 Å². The second-order valence-corrected chi connectivity index (χ2v) is 3.98. The van der Waals surface area contributed by atoms with Crippen LogP contribution in [-0.4, -0.2) is 51.9 Å². The minimum Gasteiger partial charge on any atom is -0.395 e. The van der Waals surface area contributed by atoms with E-state index < -0.39 is 0 Å². The molecule has 4 heteroatoms. The summed E-state index contributed by atoms with van der Waals surface area (Å²) in [6.45, 7) is 8.72. The third-order valence-electron chi connectivity index (χ3n) is 2.48. The van der Waals surface area contributed by atoms with Crippen molar-refractivity contribution < 1.29 is 19.3 Å². The van der Waals surface area contributed by atoms with Crippen LogP contribution in [0.1, 0.15) is 13.3 Å². The molecule has 0 aliphatic carbocycles. The first-order chi connectivity index (χ1) is 7.68. The molecule has 0 spiro atoms. The molecule has 0 bridgehead atoms. The van der Waals surface area contributed by atoms with Gasteiger partial charge in [0.05, 0.1) is 33.0 Å². The van der Waals surface area contributed by atoms with Crippen molar-refractivity contribution in [3.05, 3.63) is 12.7 Å². The van der Waals surface area contributed by atoms with Gasteiger partial charge in [0, 0.05) is 19.1 Å². The van der Waals surface area contributed by atoms with Crippen molar-refractivity contribution >= 4 is 0 Å². The van der Waals surface area contributed by atoms with Gasteiger partial charge in [-0.1, -0.05) is 13.0 Å². The third-order valence-corrected chi connectivity index (χ3v) is 2.48. The van der Waals surface area contributed by atoms with Crippen LogP contribution in [0.25, 0.3) is 0 Å². The minimum atomic E-state index is -0.239. The van der Waals surface area contributed by atoms with Gasteiger partial charge in [0.1, 0.15) is 0 Å². The summed E-state index contributed by atoms with van der Waals surface area (Å²) in [6.07, 6.45) is 2.54. The number of aliphatic hydroxyl groups is 1. The molecule has 0 aliphatic heterocycles. The van der Waals surface area contributed by atoms with Crippen molar-refractivity contribution in [1.29, 1.82) is 0 Å². The zero-order valence-corrected chi connectivity index (χ0v) is 10.4. The van der Waals surface area contributed by atoms with Crippen molar-refractivity contribution in [3.63, 3.8) is 0 Å². The highest BCUT2D eigenvalue weighted by Crippen LogP contribution is 2.21. The lowest BCUT2D eigenvalue weighted by molar-refractivity contribution is 0.0167. The Balaban J connectivity index is 3.29. The van der Waals surface area contributed by atoms with Gasteiger partial charge < -0.3 is 19.3 Å². The summed E-state index contributed by atoms with van der Waals surface area (Å²) < 4.78 is 15.5. The Bertz CT molecular complexity index is 172. The first kappa shape index (κ1) is 15.6. The lowest BCUT2D eigenvalue weighted by Crippen LogP contribution is -2.21. The van der Waals surface area contributed by atoms with Crippen molar-refractivity contribution in [2.45, 2.75) is 13.3 Å². The predicted molar refractivity (Wildman–Crippen MR) is 63.5 cm³/mol. The highest BCUT2D eigenvalue weighted by molar-refractivity contribution is 4.90. The van der Waals surface area contributed by atoms with Crippen molar-refractivity contribution in [1.82, 2.24) is 0 Å². The fourth-order valence-electron chi connectivity index (χ4n) is 1.02. The van der Waals surface area contributed by atoms with E-state index in [-0.39, 0.29) is 12.0 Å². The van der Waals surface area contributed by atoms with Crippen LogP contribution in [-0.2, 0) is 14.2 Å². The molecular weight excluding hydrogens is 208 g/mol. The summed E-state index contributed by atoms with van der Waals surface area (Å²) in [4.78, 5) is 0. The van der Waals surface area contributed by atoms with E-state index >= 15 is 0 Å². The van der Waals surface area contributed by atoms with Gasteiger partial charge in [-0.2, -0.15) is 0 Å². The van der Waals surface area contributed by atoms with Gasteiger partial charge in [-0.25, -0.2) is 0 Å². The van der Waals surface area contributed by atoms with Crippen LogP contribution >= 0.6 is 0 Å². The Kier molecular flexibility index (Phi) is 9.52. The van der Waals surface area contributed by atoms with Crippen molar-refractivity contribution in [2.75, 3.05) is 46.8 Å². The molecule has 1 atom stereocenters. The summed E-state index contributed by atoms with van der Waals surface area (Å²) in [5.41, 5.74) is -0.239. The van der Waals surface area contributed by atoms with E-state index in [0.29, 0.717) is 33.0 Å². The molecule has 0 amide bonds. The Hall–Kier alpha value is -0.420. The molecule has 0 fully saturated rings. The summed E-state index contributed by atoms with van der Waals surface area (Å²) in [6, 6.07) is 0. The minimum absolute atomic E-state index is 0.101. The molecule has 4 nitrogen and oxygen atoms in total. The quantitative estimate of drug-likeness (QED) is 0.430. The smallest absolute Gasteiger partial charge is 0.0701 e. The molecule has 0 saturated carbocycles. The highest BCUT2D eigenvalue weighted by atomic mass is 16.5. The van der Waals surface area contributed by atoms with Crippen LogP contribution in [0, 0.1) is 5.41 Å². The average Bonchev–Trinajstić information content (AvgIpc) is 2.32. The van der Waals surface area contributed by atoms with Crippen LogP contribution in [0.2, 0.25) is 0 Å². The fraction of sp³-hybridized carbons (Fsp3) is 0.833. The lowest BCUT2D eigenvalue weighted by atomic mass is 9.88. The van der Waals surface area contributed by atoms with Crippen molar-refractivity contribution in [3.8, 4) is 0 Å². The maximum Gasteiger partial charge on any atom is 0.0701 e. The largest absolute Gasteiger partial charge is 0.395 e. The molecule has 1 unspecified atom stereocenters. The molecule has 0 saturated heterocycles. The Morgan fingerprint density at radius 1 is 1.12 bits per heavy atom. The molecule has 16 heavy (non-hydrogen) atoms. The molecule has 0 aromatic carbocycles. The van der Waals surface area contributed by atoms with Crippen LogP contribution in [0.5, 0.6) is 0 Å². The van der Waals surface area contributed by atoms with Gasteiger partial charge in [-0.3, -0.25) is 0 Å². The zero-order chi connectivity index (χ0) is 12.3. The predicted octanol–water partition coefficient (Wildman–Crippen LogP) is 1.24. The van der Waals surface area contributed by atoms with E-state index in [2.05, 4.69) is 6.58 Å². The zero-order valence-electron chi connectivity index (χ0n) is 10.4. The van der Waals surface area contributed by atoms with Crippen molar-refractivity contribution in [2.24, 2.45) is 5.41 Å². The second-order valence-electron chi connectivity index (χ2n) is 3.98. The van der Waals surface area contributed by atoms with Crippen LogP contribution in [0.3, 0.4) is 0 Å². The monoisotopic (exact) mass is 232 g/mol. The van der Waals surface area contributed by atoms with Gasteiger partial charge in [-0.15, -0.1) is 6.58 Å². The number of aliphatic hydroxyl groups excluding tert-OH is 1. The Morgan fingerprint density at radius 3 is 2.19 bits per heavy atom. The normalized spacial score (nSPS) is 14.7. The molecule has 0 aromatic heterocycles. The molecule has 1 N–H and O–H groups in total. The van der Waals surface area contributed by atoms with E-state index in [4.69, 9.17) is 19.3 Å². The van der Waals surface area contributed by atoms with E-state index in [1.165, 1.54) is 0 Å². The van der Waals surface area contributed by atoms with Gasteiger partial charge in [-0.05, 0) is 6.42 Å². The number of rotatable bonds is 11. The molecule has 0 aliphatic rings. The third kappa shape index (κ3) is 7.82. The molecule has 0 radical (unpaired) electrons. The fourth-order valence-corrected chi connectivity index (χ4v) is 1.02. The number of ether oxygens (including phenoxy) is 3. The molecular formula is C12H24O4. The molecule has 0 aromatic rings. The van der Waals surface area contributed by atoms with Gasteiger partial charge in [0.2, 0.25) is 0 Å². The van der Waals surface area contributed by atoms with Gasteiger partial charge in [0.15, 0.2) is 0 Å². The summed E-state index contributed by atoms with van der Waals surface area (Å²) in [5.74, 6) is 0. The molecule has 0 rings (SSSR count). The highest BCUT2D eigenvalue weighted by Gasteiger charge is 2.18. The SMILES string of the molecule is C=CC(C)(CO)CCOCCOCCOC. The Morgan fingerprint density at radius 2 is 1.69 bits per heavy atom. The topological polar surface area (TPSA) is 47.9 Å². The molecule has 0 heterocycles. The standard InChI is InChI=1S/C12H24O4/c1-4-12(2,11-13)5-6-15-9-10-16-8-7-14-3/h4,13H,1,5-11H2,2-3H3. The lowest BCUT2D eigenvalue weighted by Gasteiger charge is -2.22. The van der Waals surface area contributed by atoms with E-state index in [1.807, 2.05) is 6.92 Å². The Labute approximate surface area is 98.2 Å². The van der Waals surface area contributed by atoms with E-state index in [9.17, 15) is 0 Å². The van der Waals surface area contributed by atoms with Crippen LogP contribution < -0.4 is 0 Å². The molecule has 96 valence electrons. The van der Waals surface area contributed by atoms with Crippen LogP contribution in [0.4, 0.5) is 0 Å². The van der Waals surface area contributed by atoms with Gasteiger partial charge in [0.25, 0.3) is 0 Å². The second kappa shape index (κ2) is 9.78. The summed E-state index contributed by atoms with van der Waals surface area (Å²) in [5, 5.41) is 9.12. The maximum absolute atomic E-state index is 9.12. The first-order valence-electron chi connectivity index (χ1n) is 5.57. The van der Waals surface area contributed by atoms with Gasteiger partial charge >= 0.3 is 0 Å². The number of hydrogen-bond donors (Lipinski definition) is 1. The maximum atomic E-state index is 9.12. The number of hydrogen-bond acceptors (Lipinski definition) is 4. The average molecular weight is 232 g/mol. The van der Waals surface area contributed by atoms with E-state index in [1.54, 1.807) is 13.2 Å². The number of methoxy groups -OCH3 is 1. The summed E-state index contributed by atoms with van der Waals surface area (Å²) >= 11 is 0. The van der Waals surface area contributed by atoms with E-state index in [0.717, 1.165) is 6.42 Å². The summed E-state index contributed by atoms with van der Waals surface area (Å²) in [7, 11) is 1.64.